The molecule has 0 heterocycles. The Kier molecular flexibility index (Phi) is 6.69. The number of carbonyl (C=O) groups excluding carboxylic acids is 2. The fourth-order valence-electron chi connectivity index (χ4n) is 1.13. The molecule has 0 aromatic heterocycles. The van der Waals surface area contributed by atoms with E-state index in [0.717, 1.165) is 12.8 Å². The van der Waals surface area contributed by atoms with Crippen LogP contribution in [-0.4, -0.2) is 47.0 Å². The van der Waals surface area contributed by atoms with E-state index in [-0.39, 0.29) is 6.54 Å². The van der Waals surface area contributed by atoms with Crippen molar-refractivity contribution in [3.63, 3.8) is 0 Å². The Bertz CT molecular complexity index is 293. The van der Waals surface area contributed by atoms with E-state index in [2.05, 4.69) is 5.32 Å². The van der Waals surface area contributed by atoms with E-state index >= 15 is 0 Å². The van der Waals surface area contributed by atoms with E-state index in [1.165, 1.54) is 11.8 Å². The predicted octanol–water partition coefficient (Wildman–Crippen LogP) is -0.243. The molecule has 0 aliphatic heterocycles. The van der Waals surface area contributed by atoms with E-state index < -0.39 is 23.9 Å². The fraction of sp³-hybridized carbons (Fsp3) is 0.700. The first-order valence-corrected chi connectivity index (χ1v) is 5.45. The van der Waals surface area contributed by atoms with Gasteiger partial charge in [-0.2, -0.15) is 0 Å². The van der Waals surface area contributed by atoms with Crippen LogP contribution in [-0.2, 0) is 9.59 Å². The number of carboxylic acid groups (broad SMARTS) is 1. The summed E-state index contributed by atoms with van der Waals surface area (Å²) in [4.78, 5) is 34.2. The van der Waals surface area contributed by atoms with Crippen LogP contribution in [0.4, 0.5) is 4.79 Å². The zero-order valence-electron chi connectivity index (χ0n) is 10.1. The number of hydrogen-bond acceptors (Lipinski definition) is 3. The summed E-state index contributed by atoms with van der Waals surface area (Å²) in [7, 11) is 0. The molecule has 1 unspecified atom stereocenters. The molecule has 0 bridgehead atoms. The second-order valence-electron chi connectivity index (χ2n) is 3.75. The molecule has 0 saturated carbocycles. The van der Waals surface area contributed by atoms with Gasteiger partial charge in [0.05, 0.1) is 0 Å². The Balaban J connectivity index is 4.40. The lowest BCUT2D eigenvalue weighted by molar-refractivity contribution is -0.138. The highest BCUT2D eigenvalue weighted by Crippen LogP contribution is 1.97. The summed E-state index contributed by atoms with van der Waals surface area (Å²) in [6.45, 7) is 3.46. The predicted molar refractivity (Wildman–Crippen MR) is 61.3 cm³/mol. The molecule has 0 aromatic carbocycles. The van der Waals surface area contributed by atoms with Gasteiger partial charge in [0.2, 0.25) is 5.91 Å². The summed E-state index contributed by atoms with van der Waals surface area (Å²) >= 11 is 0. The van der Waals surface area contributed by atoms with E-state index in [4.69, 9.17) is 10.8 Å². The van der Waals surface area contributed by atoms with Crippen LogP contribution in [0.1, 0.15) is 26.7 Å². The van der Waals surface area contributed by atoms with Gasteiger partial charge in [0.15, 0.2) is 0 Å². The number of aliphatic carboxylic acids is 1. The molecular weight excluding hydrogens is 226 g/mol. The smallest absolute Gasteiger partial charge is 0.325 e. The molecule has 0 radical (unpaired) electrons. The van der Waals surface area contributed by atoms with Gasteiger partial charge in [0, 0.05) is 6.54 Å². The summed E-state index contributed by atoms with van der Waals surface area (Å²) < 4.78 is 0. The van der Waals surface area contributed by atoms with Crippen molar-refractivity contribution >= 4 is 17.9 Å². The average Bonchev–Trinajstić information content (AvgIpc) is 2.23. The molecule has 0 rings (SSSR count). The Morgan fingerprint density at radius 3 is 2.41 bits per heavy atom. The average molecular weight is 245 g/mol. The van der Waals surface area contributed by atoms with Crippen molar-refractivity contribution in [1.29, 1.82) is 0 Å². The first-order valence-electron chi connectivity index (χ1n) is 5.45. The number of carbonyl (C=O) groups is 3. The minimum Gasteiger partial charge on any atom is -0.480 e. The molecule has 0 saturated heterocycles. The molecule has 0 spiro atoms. The third-order valence-electron chi connectivity index (χ3n) is 2.13. The van der Waals surface area contributed by atoms with Gasteiger partial charge in [-0.3, -0.25) is 9.59 Å². The van der Waals surface area contributed by atoms with E-state index in [0.29, 0.717) is 6.54 Å². The molecule has 0 aromatic rings. The molecule has 7 heteroatoms. The molecule has 0 aliphatic carbocycles. The van der Waals surface area contributed by atoms with Gasteiger partial charge in [-0.05, 0) is 13.3 Å². The van der Waals surface area contributed by atoms with Crippen LogP contribution in [0.3, 0.4) is 0 Å². The summed E-state index contributed by atoms with van der Waals surface area (Å²) in [5, 5.41) is 10.9. The highest BCUT2D eigenvalue weighted by Gasteiger charge is 2.19. The van der Waals surface area contributed by atoms with Gasteiger partial charge in [-0.1, -0.05) is 13.3 Å². The quantitative estimate of drug-likeness (QED) is 0.574. The number of nitrogens with one attached hydrogen (secondary N) is 1. The van der Waals surface area contributed by atoms with Gasteiger partial charge in [0.25, 0.3) is 0 Å². The number of hydrogen-bond donors (Lipinski definition) is 3. The van der Waals surface area contributed by atoms with Crippen LogP contribution in [0.2, 0.25) is 0 Å². The third-order valence-corrected chi connectivity index (χ3v) is 2.13. The molecule has 7 nitrogen and oxygen atoms in total. The van der Waals surface area contributed by atoms with Crippen molar-refractivity contribution in [3.05, 3.63) is 0 Å². The Hall–Kier alpha value is -1.79. The molecule has 0 aliphatic rings. The maximum absolute atomic E-state index is 11.6. The molecular formula is C10H19N3O4. The Labute approximate surface area is 100.0 Å². The van der Waals surface area contributed by atoms with Crippen molar-refractivity contribution < 1.29 is 19.5 Å². The SMILES string of the molecule is CCCCN(CC(N)=O)C(=O)NC(C)C(=O)O. The summed E-state index contributed by atoms with van der Waals surface area (Å²) in [5.74, 6) is -1.76. The molecule has 1 atom stereocenters. The summed E-state index contributed by atoms with van der Waals surface area (Å²) in [6.07, 6.45) is 1.58. The lowest BCUT2D eigenvalue weighted by Crippen LogP contribution is -2.49. The molecule has 4 N–H and O–H groups in total. The number of primary amides is 1. The van der Waals surface area contributed by atoms with Gasteiger partial charge >= 0.3 is 12.0 Å². The van der Waals surface area contributed by atoms with Crippen LogP contribution in [0, 0.1) is 0 Å². The number of nitrogens with two attached hydrogens (primary N) is 1. The lowest BCUT2D eigenvalue weighted by Gasteiger charge is -2.22. The van der Waals surface area contributed by atoms with Crippen molar-refractivity contribution in [2.75, 3.05) is 13.1 Å². The number of carboxylic acids is 1. The largest absolute Gasteiger partial charge is 0.480 e. The molecule has 17 heavy (non-hydrogen) atoms. The highest BCUT2D eigenvalue weighted by molar-refractivity contribution is 5.85. The van der Waals surface area contributed by atoms with Crippen molar-refractivity contribution in [3.8, 4) is 0 Å². The standard InChI is InChI=1S/C10H19N3O4/c1-3-4-5-13(6-8(11)14)10(17)12-7(2)9(15)16/h7H,3-6H2,1-2H3,(H2,11,14)(H,12,17)(H,15,16). The first kappa shape index (κ1) is 15.2. The number of unbranched alkanes of at least 4 members (excludes halogenated alkanes) is 1. The maximum Gasteiger partial charge on any atom is 0.325 e. The van der Waals surface area contributed by atoms with Gasteiger partial charge in [0.1, 0.15) is 12.6 Å². The Morgan fingerprint density at radius 1 is 1.41 bits per heavy atom. The van der Waals surface area contributed by atoms with E-state index in [9.17, 15) is 14.4 Å². The minimum atomic E-state index is -1.13. The number of amides is 3. The zero-order valence-corrected chi connectivity index (χ0v) is 10.1. The van der Waals surface area contributed by atoms with Crippen LogP contribution < -0.4 is 11.1 Å². The van der Waals surface area contributed by atoms with Crippen LogP contribution in [0.25, 0.3) is 0 Å². The van der Waals surface area contributed by atoms with Gasteiger partial charge in [-0.25, -0.2) is 4.79 Å². The lowest BCUT2D eigenvalue weighted by atomic mass is 10.3. The maximum atomic E-state index is 11.6. The monoisotopic (exact) mass is 245 g/mol. The summed E-state index contributed by atoms with van der Waals surface area (Å²) in [6, 6.07) is -1.59. The number of rotatable bonds is 7. The van der Waals surface area contributed by atoms with E-state index in [1.54, 1.807) is 0 Å². The van der Waals surface area contributed by atoms with Crippen molar-refractivity contribution in [2.45, 2.75) is 32.7 Å². The second-order valence-corrected chi connectivity index (χ2v) is 3.75. The minimum absolute atomic E-state index is 0.210. The van der Waals surface area contributed by atoms with Crippen molar-refractivity contribution in [1.82, 2.24) is 10.2 Å². The Morgan fingerprint density at radius 2 is 2.00 bits per heavy atom. The van der Waals surface area contributed by atoms with Crippen LogP contribution in [0.15, 0.2) is 0 Å². The summed E-state index contributed by atoms with van der Waals surface area (Å²) in [5.41, 5.74) is 5.02. The van der Waals surface area contributed by atoms with E-state index in [1.807, 2.05) is 6.92 Å². The van der Waals surface area contributed by atoms with Crippen LogP contribution >= 0.6 is 0 Å². The van der Waals surface area contributed by atoms with Crippen LogP contribution in [0.5, 0.6) is 0 Å². The molecule has 3 amide bonds. The zero-order chi connectivity index (χ0) is 13.4. The van der Waals surface area contributed by atoms with Crippen molar-refractivity contribution in [2.24, 2.45) is 5.73 Å². The van der Waals surface area contributed by atoms with Gasteiger partial charge < -0.3 is 21.1 Å². The van der Waals surface area contributed by atoms with Gasteiger partial charge in [-0.15, -0.1) is 0 Å². The molecule has 0 fully saturated rings. The number of nitrogens with zero attached hydrogens (tertiary/aromatic N) is 1. The molecule has 98 valence electrons. The topological polar surface area (TPSA) is 113 Å². The highest BCUT2D eigenvalue weighted by atomic mass is 16.4. The third kappa shape index (κ3) is 6.39. The number of urea groups is 1. The fourth-order valence-corrected chi connectivity index (χ4v) is 1.13. The first-order chi connectivity index (χ1) is 7.88. The second kappa shape index (κ2) is 7.48. The normalized spacial score (nSPS) is 11.6.